The minimum Gasteiger partial charge on any atom is -0.493 e. The number of amides is 1. The molecule has 0 fully saturated rings. The molecule has 0 atom stereocenters. The summed E-state index contributed by atoms with van der Waals surface area (Å²) < 4.78 is 21.3. The van der Waals surface area contributed by atoms with Crippen LogP contribution in [0, 0.1) is 0 Å². The molecule has 0 aliphatic heterocycles. The highest BCUT2D eigenvalue weighted by Crippen LogP contribution is 2.38. The minimum atomic E-state index is -0.312. The van der Waals surface area contributed by atoms with Gasteiger partial charge in [-0.1, -0.05) is 0 Å². The summed E-state index contributed by atoms with van der Waals surface area (Å²) in [6.45, 7) is -0.150. The standard InChI is InChI=1S/C21H21NO6/c1-25-18-10-14(11-19(26-2)20(18)27-3)21(24)22-15-6-4-13(5-7-15)17-9-8-16(12-23)28-17/h4-11,23H,12H2,1-3H3,(H,22,24). The number of hydrogen-bond donors (Lipinski definition) is 2. The Labute approximate surface area is 162 Å². The van der Waals surface area contributed by atoms with Gasteiger partial charge in [0.2, 0.25) is 5.75 Å². The number of furan rings is 1. The number of hydrogen-bond acceptors (Lipinski definition) is 6. The van der Waals surface area contributed by atoms with Crippen LogP contribution in [0.5, 0.6) is 17.2 Å². The molecule has 0 radical (unpaired) electrons. The Balaban J connectivity index is 1.79. The molecular weight excluding hydrogens is 362 g/mol. The van der Waals surface area contributed by atoms with E-state index in [9.17, 15) is 4.79 Å². The Morgan fingerprint density at radius 3 is 2.11 bits per heavy atom. The summed E-state index contributed by atoms with van der Waals surface area (Å²) in [7, 11) is 4.49. The fraction of sp³-hybridized carbons (Fsp3) is 0.190. The maximum absolute atomic E-state index is 12.6. The fourth-order valence-corrected chi connectivity index (χ4v) is 2.75. The highest BCUT2D eigenvalue weighted by molar-refractivity contribution is 6.05. The topological polar surface area (TPSA) is 90.2 Å². The van der Waals surface area contributed by atoms with Crippen molar-refractivity contribution in [3.63, 3.8) is 0 Å². The number of rotatable bonds is 7. The summed E-state index contributed by atoms with van der Waals surface area (Å²) in [5.74, 6) is 2.06. The molecule has 1 aromatic heterocycles. The minimum absolute atomic E-state index is 0.150. The van der Waals surface area contributed by atoms with Gasteiger partial charge < -0.3 is 29.1 Å². The average Bonchev–Trinajstić information content (AvgIpc) is 3.22. The Morgan fingerprint density at radius 1 is 0.964 bits per heavy atom. The highest BCUT2D eigenvalue weighted by Gasteiger charge is 2.17. The van der Waals surface area contributed by atoms with Crippen molar-refractivity contribution >= 4 is 11.6 Å². The van der Waals surface area contributed by atoms with Gasteiger partial charge in [-0.05, 0) is 48.5 Å². The molecule has 0 aliphatic rings. The first-order chi connectivity index (χ1) is 13.6. The summed E-state index contributed by atoms with van der Waals surface area (Å²) in [6, 6.07) is 13.9. The first-order valence-electron chi connectivity index (χ1n) is 8.51. The molecule has 0 aliphatic carbocycles. The summed E-state index contributed by atoms with van der Waals surface area (Å²) in [5, 5.41) is 11.9. The van der Waals surface area contributed by atoms with Crippen molar-refractivity contribution in [1.82, 2.24) is 0 Å². The maximum Gasteiger partial charge on any atom is 0.255 e. The lowest BCUT2D eigenvalue weighted by molar-refractivity contribution is 0.102. The quantitative estimate of drug-likeness (QED) is 0.646. The van der Waals surface area contributed by atoms with Crippen LogP contribution < -0.4 is 19.5 Å². The second-order valence-corrected chi connectivity index (χ2v) is 5.87. The Kier molecular flexibility index (Phi) is 5.86. The van der Waals surface area contributed by atoms with E-state index in [0.29, 0.717) is 40.0 Å². The molecule has 0 bridgehead atoms. The third-order valence-electron chi connectivity index (χ3n) is 4.17. The van der Waals surface area contributed by atoms with E-state index in [-0.39, 0.29) is 12.5 Å². The van der Waals surface area contributed by atoms with Gasteiger partial charge in [-0.2, -0.15) is 0 Å². The number of nitrogens with one attached hydrogen (secondary N) is 1. The molecule has 0 unspecified atom stereocenters. The second-order valence-electron chi connectivity index (χ2n) is 5.87. The number of anilines is 1. The number of carbonyl (C=O) groups is 1. The van der Waals surface area contributed by atoms with Gasteiger partial charge in [0, 0.05) is 16.8 Å². The van der Waals surface area contributed by atoms with E-state index in [4.69, 9.17) is 23.7 Å². The number of methoxy groups -OCH3 is 3. The van der Waals surface area contributed by atoms with Gasteiger partial charge >= 0.3 is 0 Å². The van der Waals surface area contributed by atoms with Crippen LogP contribution in [0.25, 0.3) is 11.3 Å². The van der Waals surface area contributed by atoms with Gasteiger partial charge in [0.25, 0.3) is 5.91 Å². The predicted molar refractivity (Wildman–Crippen MR) is 104 cm³/mol. The molecule has 0 saturated heterocycles. The van der Waals surface area contributed by atoms with Crippen molar-refractivity contribution in [2.24, 2.45) is 0 Å². The van der Waals surface area contributed by atoms with Crippen molar-refractivity contribution < 1.29 is 28.5 Å². The Morgan fingerprint density at radius 2 is 1.61 bits per heavy atom. The van der Waals surface area contributed by atoms with E-state index in [1.54, 1.807) is 36.4 Å². The summed E-state index contributed by atoms with van der Waals surface area (Å²) in [6.07, 6.45) is 0. The highest BCUT2D eigenvalue weighted by atomic mass is 16.5. The fourth-order valence-electron chi connectivity index (χ4n) is 2.75. The van der Waals surface area contributed by atoms with E-state index in [1.807, 2.05) is 12.1 Å². The number of carbonyl (C=O) groups excluding carboxylic acids is 1. The molecule has 2 N–H and O–H groups in total. The number of benzene rings is 2. The first-order valence-corrected chi connectivity index (χ1v) is 8.51. The summed E-state index contributed by atoms with van der Waals surface area (Å²) in [4.78, 5) is 12.6. The number of ether oxygens (including phenoxy) is 3. The average molecular weight is 383 g/mol. The number of aliphatic hydroxyl groups excluding tert-OH is 1. The van der Waals surface area contributed by atoms with Gasteiger partial charge in [-0.25, -0.2) is 0 Å². The van der Waals surface area contributed by atoms with Crippen LogP contribution in [0.4, 0.5) is 5.69 Å². The molecule has 3 aromatic rings. The van der Waals surface area contributed by atoms with Gasteiger partial charge in [0.15, 0.2) is 11.5 Å². The molecule has 1 heterocycles. The van der Waals surface area contributed by atoms with Crippen LogP contribution in [0.2, 0.25) is 0 Å². The number of aliphatic hydroxyl groups is 1. The van der Waals surface area contributed by atoms with E-state index < -0.39 is 0 Å². The lowest BCUT2D eigenvalue weighted by atomic mass is 10.1. The molecule has 7 heteroatoms. The zero-order valence-corrected chi connectivity index (χ0v) is 15.8. The molecular formula is C21H21NO6. The van der Waals surface area contributed by atoms with Gasteiger partial charge in [-0.3, -0.25) is 4.79 Å². The van der Waals surface area contributed by atoms with E-state index in [1.165, 1.54) is 21.3 Å². The lowest BCUT2D eigenvalue weighted by Crippen LogP contribution is -2.12. The second kappa shape index (κ2) is 8.49. The molecule has 1 amide bonds. The molecule has 7 nitrogen and oxygen atoms in total. The first kappa shape index (κ1) is 19.3. The third-order valence-corrected chi connectivity index (χ3v) is 4.17. The van der Waals surface area contributed by atoms with E-state index in [2.05, 4.69) is 5.32 Å². The van der Waals surface area contributed by atoms with E-state index in [0.717, 1.165) is 5.56 Å². The Bertz CT molecular complexity index is 936. The zero-order chi connectivity index (χ0) is 20.1. The van der Waals surface area contributed by atoms with Gasteiger partial charge in [0.05, 0.1) is 21.3 Å². The van der Waals surface area contributed by atoms with Crippen molar-refractivity contribution in [3.05, 3.63) is 59.9 Å². The van der Waals surface area contributed by atoms with Crippen molar-refractivity contribution in [3.8, 4) is 28.6 Å². The predicted octanol–water partition coefficient (Wildman–Crippen LogP) is 3.72. The van der Waals surface area contributed by atoms with Crippen LogP contribution >= 0.6 is 0 Å². The molecule has 0 spiro atoms. The Hall–Kier alpha value is -3.45. The molecule has 146 valence electrons. The zero-order valence-electron chi connectivity index (χ0n) is 15.8. The third kappa shape index (κ3) is 3.94. The van der Waals surface area contributed by atoms with Crippen molar-refractivity contribution in [2.75, 3.05) is 26.6 Å². The van der Waals surface area contributed by atoms with Gasteiger partial charge in [0.1, 0.15) is 18.1 Å². The molecule has 0 saturated carbocycles. The van der Waals surface area contributed by atoms with Crippen molar-refractivity contribution in [2.45, 2.75) is 6.61 Å². The monoisotopic (exact) mass is 383 g/mol. The largest absolute Gasteiger partial charge is 0.493 e. The molecule has 3 rings (SSSR count). The van der Waals surface area contributed by atoms with E-state index >= 15 is 0 Å². The molecule has 28 heavy (non-hydrogen) atoms. The normalized spacial score (nSPS) is 10.4. The van der Waals surface area contributed by atoms with Crippen molar-refractivity contribution in [1.29, 1.82) is 0 Å². The van der Waals surface area contributed by atoms with Gasteiger partial charge in [-0.15, -0.1) is 0 Å². The van der Waals surface area contributed by atoms with Crippen LogP contribution in [0.1, 0.15) is 16.1 Å². The summed E-state index contributed by atoms with van der Waals surface area (Å²) >= 11 is 0. The SMILES string of the molecule is COc1cc(C(=O)Nc2ccc(-c3ccc(CO)o3)cc2)cc(OC)c1OC. The molecule has 2 aromatic carbocycles. The lowest BCUT2D eigenvalue weighted by Gasteiger charge is -2.14. The van der Waals surface area contributed by atoms with Crippen LogP contribution in [-0.4, -0.2) is 32.3 Å². The van der Waals surface area contributed by atoms with Crippen LogP contribution in [0.15, 0.2) is 52.9 Å². The maximum atomic E-state index is 12.6. The summed E-state index contributed by atoms with van der Waals surface area (Å²) in [5.41, 5.74) is 1.83. The van der Waals surface area contributed by atoms with Crippen LogP contribution in [0.3, 0.4) is 0 Å². The smallest absolute Gasteiger partial charge is 0.255 e. The van der Waals surface area contributed by atoms with Crippen LogP contribution in [-0.2, 0) is 6.61 Å².